The minimum atomic E-state index is -1.62. The Morgan fingerprint density at radius 3 is 1.73 bits per heavy atom. The smallest absolute Gasteiger partial charge is 0.264 e. The van der Waals surface area contributed by atoms with E-state index in [0.29, 0.717) is 0 Å². The zero-order valence-corrected chi connectivity index (χ0v) is 49.6. The van der Waals surface area contributed by atoms with Crippen LogP contribution in [0.1, 0.15) is 209 Å². The molecule has 7 aromatic rings. The number of allylic oxidation sites excluding steroid dienone is 3. The highest BCUT2D eigenvalue weighted by molar-refractivity contribution is 7.33. The van der Waals surface area contributed by atoms with Crippen LogP contribution in [0.3, 0.4) is 0 Å². The van der Waals surface area contributed by atoms with Crippen LogP contribution in [-0.4, -0.2) is 6.71 Å². The summed E-state index contributed by atoms with van der Waals surface area (Å²) in [5.74, 6) is 0. The molecule has 3 heterocycles. The molecule has 77 heavy (non-hydrogen) atoms. The predicted octanol–water partition coefficient (Wildman–Crippen LogP) is 18.9. The summed E-state index contributed by atoms with van der Waals surface area (Å²) < 4.78 is 96.2. The van der Waals surface area contributed by atoms with Crippen molar-refractivity contribution < 1.29 is 13.7 Å². The Morgan fingerprint density at radius 2 is 1.12 bits per heavy atom. The number of benzene rings is 6. The van der Waals surface area contributed by atoms with Crippen LogP contribution in [0.5, 0.6) is 0 Å². The number of hydrogen-bond acceptors (Lipinski definition) is 4. The number of hydrogen-bond donors (Lipinski definition) is 0. The minimum Gasteiger partial charge on any atom is -0.311 e. The number of anilines is 8. The Hall–Kier alpha value is -5.78. The number of para-hydroxylation sites is 1. The van der Waals surface area contributed by atoms with Gasteiger partial charge in [0.15, 0.2) is 0 Å². The average Bonchev–Trinajstić information content (AvgIpc) is 1.68. The molecular weight excluding hydrogens is 950 g/mol. The molecule has 0 bridgehead atoms. The fraction of sp³-hybridized carbons (Fsp3) is 0.417. The second-order valence-electron chi connectivity index (χ2n) is 28.7. The first-order valence-electron chi connectivity index (χ1n) is 33.3. The van der Waals surface area contributed by atoms with E-state index in [1.54, 1.807) is 0 Å². The molecule has 5 heteroatoms. The van der Waals surface area contributed by atoms with Gasteiger partial charge in [0.2, 0.25) is 0 Å². The number of rotatable bonds is 5. The van der Waals surface area contributed by atoms with Gasteiger partial charge in [0.05, 0.1) is 22.3 Å². The zero-order chi connectivity index (χ0) is 63.4. The van der Waals surface area contributed by atoms with E-state index < -0.39 is 61.2 Å². The summed E-state index contributed by atoms with van der Waals surface area (Å²) in [4.78, 5) is 6.18. The van der Waals surface area contributed by atoms with Gasteiger partial charge in [0.25, 0.3) is 6.71 Å². The van der Waals surface area contributed by atoms with Crippen molar-refractivity contribution in [3.05, 3.63) is 172 Å². The minimum absolute atomic E-state index is 0.0700. The first kappa shape index (κ1) is 41.3. The molecular formula is C72H84BN3S. The van der Waals surface area contributed by atoms with Crippen LogP contribution >= 0.6 is 11.3 Å². The molecule has 2 atom stereocenters. The molecule has 0 amide bonds. The third-order valence-corrected chi connectivity index (χ3v) is 19.5. The predicted molar refractivity (Wildman–Crippen MR) is 338 cm³/mol. The molecule has 0 spiro atoms. The fourth-order valence-corrected chi connectivity index (χ4v) is 14.5. The Morgan fingerprint density at radius 1 is 0.545 bits per heavy atom. The van der Waals surface area contributed by atoms with Gasteiger partial charge in [-0.1, -0.05) is 172 Å². The lowest BCUT2D eigenvalue weighted by Gasteiger charge is -2.46. The molecule has 3 aliphatic carbocycles. The number of nitrogens with zero attached hydrogens (tertiary/aromatic N) is 3. The first-order chi connectivity index (χ1) is 40.2. The van der Waals surface area contributed by atoms with Crippen molar-refractivity contribution in [2.75, 3.05) is 14.7 Å². The summed E-state index contributed by atoms with van der Waals surface area (Å²) in [6.07, 6.45) is 0.945. The first-order valence-corrected chi connectivity index (χ1v) is 28.9. The van der Waals surface area contributed by atoms with Gasteiger partial charge in [-0.2, -0.15) is 0 Å². The van der Waals surface area contributed by atoms with Crippen LogP contribution in [0, 0.1) is 0 Å². The molecule has 2 aliphatic heterocycles. The molecule has 12 rings (SSSR count). The van der Waals surface area contributed by atoms with Crippen molar-refractivity contribution in [1.29, 1.82) is 0 Å². The topological polar surface area (TPSA) is 9.72 Å². The molecule has 0 saturated carbocycles. The van der Waals surface area contributed by atoms with Gasteiger partial charge in [-0.15, -0.1) is 11.3 Å². The van der Waals surface area contributed by atoms with Gasteiger partial charge in [-0.3, -0.25) is 0 Å². The summed E-state index contributed by atoms with van der Waals surface area (Å²) in [6.45, 7) is 38.7. The van der Waals surface area contributed by atoms with Gasteiger partial charge in [0, 0.05) is 57.4 Å². The average molecular weight is 1040 g/mol. The van der Waals surface area contributed by atoms with Crippen molar-refractivity contribution in [3.63, 3.8) is 0 Å². The van der Waals surface area contributed by atoms with Crippen molar-refractivity contribution in [2.45, 2.75) is 194 Å². The molecule has 6 aromatic carbocycles. The standard InChI is InChI=1S/C72H84BN3S/c1-66(2,3)45-28-31-58-59(39-45)75(51-37-46(67(4,5)6)36-47(38-51)68(7,8)9)60-41-52(74(48-24-20-18-21-25-48)49-26-22-19-23-27-49)42-61-63(60)73(58)65-64(53-43-56-57(44-62(53)77-65)72(16,17)35-34-71(56,14)15)76(61)50-29-30-54-55(40-50)70(12,13)33-32-69(54,10)11/h18,20-22,24-31,36-44H,19,23,32-35H2,1-17H3/i18D,19D,20D,21D,22D,23D,24D,25D,26D,27D. The van der Waals surface area contributed by atoms with E-state index in [2.05, 4.69) is 194 Å². The molecule has 0 radical (unpaired) electrons. The van der Waals surface area contributed by atoms with Crippen LogP contribution in [0.25, 0.3) is 10.1 Å². The second-order valence-corrected chi connectivity index (χ2v) is 29.8. The molecule has 5 aliphatic rings. The summed E-state index contributed by atoms with van der Waals surface area (Å²) >= 11 is 1.86. The van der Waals surface area contributed by atoms with Crippen molar-refractivity contribution in [2.24, 2.45) is 0 Å². The highest BCUT2D eigenvalue weighted by Gasteiger charge is 2.48. The quantitative estimate of drug-likeness (QED) is 0.159. The van der Waals surface area contributed by atoms with E-state index in [4.69, 9.17) is 2.74 Å². The molecule has 1 aromatic heterocycles. The third-order valence-electron chi connectivity index (χ3n) is 18.3. The van der Waals surface area contributed by atoms with E-state index in [0.717, 1.165) is 92.8 Å². The lowest BCUT2D eigenvalue weighted by molar-refractivity contribution is 0.332. The summed E-state index contributed by atoms with van der Waals surface area (Å²) in [6, 6.07) is 25.4. The van der Waals surface area contributed by atoms with Gasteiger partial charge >= 0.3 is 0 Å². The molecule has 3 nitrogen and oxygen atoms in total. The molecule has 2 unspecified atom stereocenters. The maximum atomic E-state index is 9.81. The summed E-state index contributed by atoms with van der Waals surface area (Å²) in [5, 5.41) is 1.12. The molecule has 0 N–H and O–H groups in total. The van der Waals surface area contributed by atoms with Crippen LogP contribution in [-0.2, 0) is 37.9 Å². The summed E-state index contributed by atoms with van der Waals surface area (Å²) in [5.41, 5.74) is 14.5. The van der Waals surface area contributed by atoms with Gasteiger partial charge in [-0.05, 0) is 199 Å². The third kappa shape index (κ3) is 8.49. The molecule has 396 valence electrons. The highest BCUT2D eigenvalue weighted by atomic mass is 32.1. The van der Waals surface area contributed by atoms with Crippen LogP contribution in [0.4, 0.5) is 45.5 Å². The molecule has 0 saturated heterocycles. The van der Waals surface area contributed by atoms with Gasteiger partial charge < -0.3 is 14.7 Å². The van der Waals surface area contributed by atoms with E-state index in [-0.39, 0.29) is 61.7 Å². The molecule has 0 fully saturated rings. The monoisotopic (exact) mass is 1040 g/mol. The summed E-state index contributed by atoms with van der Waals surface area (Å²) in [7, 11) is 0. The van der Waals surface area contributed by atoms with Gasteiger partial charge in [0.1, 0.15) is 0 Å². The Balaban J connectivity index is 1.33. The largest absolute Gasteiger partial charge is 0.311 e. The Bertz CT molecular complexity index is 4120. The number of fused-ring (bicyclic) bond motifs is 8. The lowest BCUT2D eigenvalue weighted by atomic mass is 9.36. The fourth-order valence-electron chi connectivity index (χ4n) is 13.1. The van der Waals surface area contributed by atoms with E-state index in [1.165, 1.54) is 36.6 Å². The maximum Gasteiger partial charge on any atom is 0.264 e. The lowest BCUT2D eigenvalue weighted by Crippen LogP contribution is -2.60. The van der Waals surface area contributed by atoms with E-state index in [1.807, 2.05) is 23.5 Å². The van der Waals surface area contributed by atoms with Crippen molar-refractivity contribution in [1.82, 2.24) is 0 Å². The Kier molecular flexibility index (Phi) is 9.31. The van der Waals surface area contributed by atoms with Crippen LogP contribution < -0.4 is 30.4 Å². The van der Waals surface area contributed by atoms with Crippen molar-refractivity contribution >= 4 is 89.3 Å². The van der Waals surface area contributed by atoms with Crippen molar-refractivity contribution in [3.8, 4) is 0 Å². The number of thiophene rings is 1. The van der Waals surface area contributed by atoms with Gasteiger partial charge in [-0.25, -0.2) is 0 Å². The van der Waals surface area contributed by atoms with E-state index >= 15 is 0 Å². The van der Waals surface area contributed by atoms with E-state index in [9.17, 15) is 11.0 Å². The SMILES string of the molecule is [2H]C1=C([2H])C([2H])C([2H])C([2H])=C1N(c1cc2c3c(c1)N(c1ccc4c(c1)C(C)(C)CCC4(C)C)c1c(sc4cc5c(cc14)C(C)(C)CCC5(C)C)B3c1ccc(C(C)(C)C)cc1N2c1cc(C(C)(C)C)cc(C(C)(C)C)c1)c1c([2H])c([2H])c([2H])c([2H])c1[2H]. The zero-order valence-electron chi connectivity index (χ0n) is 58.8. The van der Waals surface area contributed by atoms with Crippen LogP contribution in [0.15, 0.2) is 133 Å². The Labute approximate surface area is 481 Å². The second kappa shape index (κ2) is 17.4. The highest BCUT2D eigenvalue weighted by Crippen LogP contribution is 2.56. The maximum absolute atomic E-state index is 9.81. The normalized spacial score (nSPS) is 22.9. The van der Waals surface area contributed by atoms with Crippen LogP contribution in [0.2, 0.25) is 0 Å².